The third-order valence-electron chi connectivity index (χ3n) is 18.6. The molecule has 9 heterocycles. The number of methoxy groups -OCH3 is 1. The smallest absolute Gasteiger partial charge is 0.246 e. The molecule has 19 heteroatoms. The number of benzene rings is 6. The van der Waals surface area contributed by atoms with Gasteiger partial charge < -0.3 is 28.9 Å². The summed E-state index contributed by atoms with van der Waals surface area (Å²) in [5.41, 5.74) is 13.3. The molecule has 0 radical (unpaired) electrons. The van der Waals surface area contributed by atoms with Crippen molar-refractivity contribution in [1.82, 2.24) is 59.0 Å². The molecule has 3 saturated heterocycles. The lowest BCUT2D eigenvalue weighted by molar-refractivity contribution is -0.125. The number of aryl methyl sites for hydroxylation is 2. The van der Waals surface area contributed by atoms with Crippen molar-refractivity contribution in [1.29, 1.82) is 0 Å². The van der Waals surface area contributed by atoms with Gasteiger partial charge >= 0.3 is 0 Å². The summed E-state index contributed by atoms with van der Waals surface area (Å²) < 4.78 is 23.7. The molecule has 0 spiro atoms. The van der Waals surface area contributed by atoms with Gasteiger partial charge in [0.1, 0.15) is 45.8 Å². The molecule has 18 nitrogen and oxygen atoms in total. The second-order valence-electron chi connectivity index (χ2n) is 24.8. The maximum Gasteiger partial charge on any atom is 0.246 e. The molecule has 3 aliphatic rings. The third-order valence-corrected chi connectivity index (χ3v) is 19.6. The van der Waals surface area contributed by atoms with Crippen molar-refractivity contribution >= 4 is 62.2 Å². The van der Waals surface area contributed by atoms with Crippen LogP contribution in [0.2, 0.25) is 0 Å². The first-order valence-corrected chi connectivity index (χ1v) is 33.9. The fourth-order valence-electron chi connectivity index (χ4n) is 13.1. The minimum absolute atomic E-state index is 0.0208. The predicted octanol–water partition coefficient (Wildman–Crippen LogP) is 16.2. The van der Waals surface area contributed by atoms with Gasteiger partial charge in [-0.2, -0.15) is 15.3 Å². The van der Waals surface area contributed by atoms with Crippen molar-refractivity contribution in [3.63, 3.8) is 0 Å². The van der Waals surface area contributed by atoms with Crippen LogP contribution in [-0.2, 0) is 14.4 Å². The van der Waals surface area contributed by atoms with Gasteiger partial charge in [0.25, 0.3) is 0 Å². The normalized spacial score (nSPS) is 15.7. The summed E-state index contributed by atoms with van der Waals surface area (Å²) in [5.74, 6) is 3.83. The first kappa shape index (κ1) is 66.2. The van der Waals surface area contributed by atoms with Crippen LogP contribution in [0.5, 0.6) is 28.7 Å². The van der Waals surface area contributed by atoms with Gasteiger partial charge in [0, 0.05) is 125 Å². The van der Waals surface area contributed by atoms with Crippen molar-refractivity contribution < 1.29 is 28.6 Å². The number of carbonyl (C=O) groups is 3. The van der Waals surface area contributed by atoms with Crippen LogP contribution in [0.25, 0.3) is 66.5 Å². The molecule has 0 unspecified atom stereocenters. The molecule has 0 N–H and O–H groups in total. The highest BCUT2D eigenvalue weighted by Crippen LogP contribution is 2.39. The minimum atomic E-state index is -0.0392. The van der Waals surface area contributed by atoms with Crippen LogP contribution >= 0.6 is 11.8 Å². The van der Waals surface area contributed by atoms with E-state index < -0.39 is 0 Å². The number of ether oxygens (including phenoxy) is 3. The van der Waals surface area contributed by atoms with Crippen molar-refractivity contribution in [3.8, 4) is 62.5 Å². The Morgan fingerprint density at radius 3 is 1.24 bits per heavy atom. The molecule has 15 rings (SSSR count). The topological polar surface area (TPSA) is 181 Å². The summed E-state index contributed by atoms with van der Waals surface area (Å²) in [7, 11) is 1.65. The van der Waals surface area contributed by atoms with E-state index in [1.54, 1.807) is 37.5 Å². The molecule has 3 aliphatic heterocycles. The van der Waals surface area contributed by atoms with E-state index in [4.69, 9.17) is 29.5 Å². The van der Waals surface area contributed by atoms with Gasteiger partial charge in [0.05, 0.1) is 41.8 Å². The number of hydrogen-bond acceptors (Lipinski definition) is 13. The number of likely N-dealkylation sites (tertiary alicyclic amines) is 3. The Morgan fingerprint density at radius 2 is 0.838 bits per heavy atom. The quantitative estimate of drug-likeness (QED) is 0.0835. The zero-order chi connectivity index (χ0) is 68.7. The Morgan fingerprint density at radius 1 is 0.455 bits per heavy atom. The molecule has 99 heavy (non-hydrogen) atoms. The largest absolute Gasteiger partial charge is 0.496 e. The molecule has 0 saturated carbocycles. The fourth-order valence-corrected chi connectivity index (χ4v) is 14.0. The highest BCUT2D eigenvalue weighted by molar-refractivity contribution is 7.99. The first-order valence-electron chi connectivity index (χ1n) is 33.1. The van der Waals surface area contributed by atoms with Crippen molar-refractivity contribution in [2.24, 2.45) is 0 Å². The molecule has 498 valence electrons. The van der Waals surface area contributed by atoms with Crippen molar-refractivity contribution in [2.45, 2.75) is 74.9 Å². The van der Waals surface area contributed by atoms with E-state index in [0.717, 1.165) is 132 Å². The van der Waals surface area contributed by atoms with Crippen molar-refractivity contribution in [3.05, 3.63) is 249 Å². The predicted molar refractivity (Wildman–Crippen MR) is 389 cm³/mol. The molecule has 0 bridgehead atoms. The van der Waals surface area contributed by atoms with E-state index >= 15 is 0 Å². The molecular weight excluding hydrogens is 1260 g/mol. The van der Waals surface area contributed by atoms with Gasteiger partial charge in [-0.05, 0) is 186 Å². The van der Waals surface area contributed by atoms with Gasteiger partial charge in [-0.15, -0.1) is 0 Å². The van der Waals surface area contributed by atoms with Crippen LogP contribution in [0, 0.1) is 27.7 Å². The summed E-state index contributed by atoms with van der Waals surface area (Å²) in [4.78, 5) is 57.0. The number of pyridine rings is 3. The molecule has 6 aromatic heterocycles. The van der Waals surface area contributed by atoms with Crippen LogP contribution in [-0.4, -0.2) is 123 Å². The zero-order valence-electron chi connectivity index (χ0n) is 56.1. The van der Waals surface area contributed by atoms with E-state index in [2.05, 4.69) is 115 Å². The Kier molecular flexibility index (Phi) is 19.7. The summed E-state index contributed by atoms with van der Waals surface area (Å²) in [5, 5.41) is 17.9. The maximum absolute atomic E-state index is 12.1. The molecule has 3 amide bonds. The lowest BCUT2D eigenvalue weighted by Crippen LogP contribution is -2.27. The molecule has 6 aromatic carbocycles. The van der Waals surface area contributed by atoms with Gasteiger partial charge in [-0.1, -0.05) is 79.5 Å². The van der Waals surface area contributed by atoms with E-state index in [1.165, 1.54) is 39.1 Å². The van der Waals surface area contributed by atoms with Crippen LogP contribution in [0.3, 0.4) is 0 Å². The number of nitrogens with zero attached hydrogens (tertiary/aromatic N) is 12. The summed E-state index contributed by atoms with van der Waals surface area (Å²) in [6, 6.07) is 51.1. The van der Waals surface area contributed by atoms with E-state index in [0.29, 0.717) is 32.7 Å². The van der Waals surface area contributed by atoms with Crippen LogP contribution < -0.4 is 14.2 Å². The average molecular weight is 1330 g/mol. The van der Waals surface area contributed by atoms with E-state index in [1.807, 2.05) is 147 Å². The Hall–Kier alpha value is -11.4. The molecular formula is C80H76N12O6S. The molecule has 12 aromatic rings. The third kappa shape index (κ3) is 14.2. The molecule has 0 aliphatic carbocycles. The number of hydrogen-bond donors (Lipinski definition) is 0. The Bertz CT molecular complexity index is 4990. The van der Waals surface area contributed by atoms with Gasteiger partial charge in [-0.3, -0.25) is 43.4 Å². The average Bonchev–Trinajstić information content (AvgIpc) is 1.63. The summed E-state index contributed by atoms with van der Waals surface area (Å²) in [6.07, 6.45) is 17.7. The minimum Gasteiger partial charge on any atom is -0.496 e. The Balaban J connectivity index is 0.000000133. The van der Waals surface area contributed by atoms with E-state index in [9.17, 15) is 14.4 Å². The first-order chi connectivity index (χ1) is 48.2. The van der Waals surface area contributed by atoms with E-state index in [-0.39, 0.29) is 35.8 Å². The fraction of sp³-hybridized carbons (Fsp3) is 0.212. The lowest BCUT2D eigenvalue weighted by atomic mass is 10.1. The van der Waals surface area contributed by atoms with Crippen LogP contribution in [0.4, 0.5) is 0 Å². The molecule has 3 fully saturated rings. The zero-order valence-corrected chi connectivity index (χ0v) is 56.9. The lowest BCUT2D eigenvalue weighted by Gasteiger charge is -2.15. The van der Waals surface area contributed by atoms with Crippen LogP contribution in [0.15, 0.2) is 237 Å². The van der Waals surface area contributed by atoms with Gasteiger partial charge in [0.15, 0.2) is 0 Å². The molecule has 3 atom stereocenters. The maximum atomic E-state index is 12.1. The van der Waals surface area contributed by atoms with Crippen molar-refractivity contribution in [2.75, 3.05) is 46.4 Å². The highest BCUT2D eigenvalue weighted by atomic mass is 32.2. The number of rotatable bonds is 16. The highest BCUT2D eigenvalue weighted by Gasteiger charge is 2.32. The second-order valence-corrected chi connectivity index (χ2v) is 26.0. The number of fused-ring (bicyclic) bond motifs is 3. The SMILES string of the molecule is C=CC(=O)N1CC[C@@H](n2nc(-c3ccc(Oc4cccc(C)c4C)cc3)c3cnccc32)C1.C=CC(=O)N1CC[C@@H](n2nc(-c3ccc(Oc4cccc(OC)c4C)cc3)c3cnccc32)C1.C=CC(=O)N1CC[C@@H](n2nc(-c3ccc(Sc4cccc(C)c4)cc3)c3cnccc32)C1. The summed E-state index contributed by atoms with van der Waals surface area (Å²) in [6.45, 7) is 23.1. The standard InChI is InChI=1S/C27H26N4O3.C27H26N4O2.C26H24N4OS/c1-4-26(32)30-15-13-20(17-30)31-23-12-14-28-16-22(23)27(29-31)19-8-10-21(11-9-19)34-25-7-5-6-24(33-3)18(25)2;1-4-26(32)30-15-13-21(17-30)31-24-12-14-28-16-23(24)27(29-31)20-8-10-22(11-9-20)33-25-7-5-6-18(2)19(25)3;1-3-25(31)29-14-12-20(17-29)30-24-11-13-27-16-23(24)26(28-30)19-7-9-21(10-8-19)32-22-6-4-5-18(2)15-22/h4-12,14,16,20H,1,13,15,17H2,2-3H3;4-12,14,16,21H,1,13,15,17H2,2-3H3;3-11,13,15-16,20H,1,12,14,17H2,2H3/t20-;21-;20-/m111/s1. The Labute approximate surface area is 579 Å². The number of carbonyl (C=O) groups excluding carboxylic acids is 3. The van der Waals surface area contributed by atoms with Gasteiger partial charge in [-0.25, -0.2) is 0 Å². The van der Waals surface area contributed by atoms with Gasteiger partial charge in [0.2, 0.25) is 17.7 Å². The monoisotopic (exact) mass is 1330 g/mol. The number of amides is 3. The second kappa shape index (κ2) is 29.5. The number of aromatic nitrogens is 9. The summed E-state index contributed by atoms with van der Waals surface area (Å²) >= 11 is 1.76. The van der Waals surface area contributed by atoms with Crippen LogP contribution in [0.1, 0.15) is 59.6 Å².